The standard InChI is InChI=1S/C25H27ClN6O13S2.Na.H/c1-25(2,23(37)44-11-13-4-6-14(7-5-13)32(38)39)45-30-19(15-12-46-24(27-15)28-17(33)10-26)21(35)29-20-16(8-9-18(34)43-3)31(22(20)36)47(40,41)42;;/h4-7,12,16,20H,8-11H2,1-3H3,(H,29,35)(H,27,28,33)(H,40,41,42);;/b30-19-;;. The minimum absolute atomic E-state index is 0. The number of thiazole rings is 1. The second-order valence-corrected chi connectivity index (χ2v) is 12.4. The van der Waals surface area contributed by atoms with Gasteiger partial charge in [-0.05, 0) is 38.0 Å². The van der Waals surface area contributed by atoms with Crippen molar-refractivity contribution in [3.05, 3.63) is 51.0 Å². The van der Waals surface area contributed by atoms with Crippen LogP contribution in [0.1, 0.15) is 37.9 Å². The molecule has 256 valence electrons. The van der Waals surface area contributed by atoms with E-state index >= 15 is 0 Å². The number of carbonyl (C=O) groups is 5. The van der Waals surface area contributed by atoms with Gasteiger partial charge in [0.05, 0.1) is 18.1 Å². The molecule has 0 spiro atoms. The van der Waals surface area contributed by atoms with E-state index in [2.05, 4.69) is 25.5 Å². The van der Waals surface area contributed by atoms with E-state index in [1.165, 1.54) is 43.5 Å². The topological polar surface area (TPSA) is 263 Å². The quantitative estimate of drug-likeness (QED) is 0.0323. The summed E-state index contributed by atoms with van der Waals surface area (Å²) in [6.07, 6.45) is -0.701. The number of esters is 2. The molecule has 1 saturated heterocycles. The molecular formula is C25H28ClN6NaO13S2. The van der Waals surface area contributed by atoms with Crippen LogP contribution < -0.4 is 10.6 Å². The zero-order valence-corrected chi connectivity index (χ0v) is 27.1. The van der Waals surface area contributed by atoms with Crippen molar-refractivity contribution < 1.29 is 56.2 Å². The molecule has 0 aliphatic carbocycles. The fraction of sp³-hybridized carbons (Fsp3) is 0.400. The molecule has 0 saturated carbocycles. The molecule has 1 fully saturated rings. The number of carbonyl (C=O) groups excluding carboxylic acids is 5. The van der Waals surface area contributed by atoms with Gasteiger partial charge in [-0.2, -0.15) is 8.42 Å². The Morgan fingerprint density at radius 3 is 2.44 bits per heavy atom. The second-order valence-electron chi connectivity index (χ2n) is 10.0. The van der Waals surface area contributed by atoms with Gasteiger partial charge in [-0.25, -0.2) is 14.1 Å². The molecule has 3 N–H and O–H groups in total. The number of alkyl halides is 1. The molecule has 1 aliphatic rings. The first kappa shape index (κ1) is 40.4. The van der Waals surface area contributed by atoms with Crippen LogP contribution in [0.15, 0.2) is 34.8 Å². The number of nitro groups is 1. The van der Waals surface area contributed by atoms with Crippen LogP contribution in [0, 0.1) is 10.1 Å². The van der Waals surface area contributed by atoms with Crippen molar-refractivity contribution in [1.82, 2.24) is 14.6 Å². The van der Waals surface area contributed by atoms with Crippen LogP contribution in [-0.2, 0) is 55.2 Å². The van der Waals surface area contributed by atoms with E-state index in [1.807, 2.05) is 0 Å². The molecule has 2 aromatic rings. The predicted molar refractivity (Wildman–Crippen MR) is 169 cm³/mol. The first-order valence-electron chi connectivity index (χ1n) is 13.1. The summed E-state index contributed by atoms with van der Waals surface area (Å²) in [5, 5.41) is 20.5. The number of nitro benzene ring substituents is 1. The molecular weight excluding hydrogens is 715 g/mol. The number of ether oxygens (including phenoxy) is 2. The third-order valence-corrected chi connectivity index (χ3v) is 8.23. The van der Waals surface area contributed by atoms with E-state index in [1.54, 1.807) is 0 Å². The Bertz CT molecular complexity index is 1700. The SMILES string of the molecule is COC(=O)CCC1C(NC(=O)/C(=N\OC(C)(C)C(=O)OCc2ccc([N+](=O)[O-])cc2)c2csc(NC(=O)CCl)n2)C(=O)N1S(=O)(=O)O.[NaH]. The number of benzene rings is 1. The molecule has 23 heteroatoms. The molecule has 1 aromatic carbocycles. The van der Waals surface area contributed by atoms with Gasteiger partial charge < -0.3 is 24.9 Å². The molecule has 2 heterocycles. The second kappa shape index (κ2) is 17.1. The number of aromatic nitrogens is 1. The summed E-state index contributed by atoms with van der Waals surface area (Å²) in [6, 6.07) is 2.26. The van der Waals surface area contributed by atoms with Crippen molar-refractivity contribution in [3.8, 4) is 0 Å². The molecule has 2 unspecified atom stereocenters. The van der Waals surface area contributed by atoms with Gasteiger partial charge in [0, 0.05) is 23.9 Å². The summed E-state index contributed by atoms with van der Waals surface area (Å²) in [6.45, 7) is 2.21. The summed E-state index contributed by atoms with van der Waals surface area (Å²) in [4.78, 5) is 82.0. The van der Waals surface area contributed by atoms with E-state index in [4.69, 9.17) is 21.2 Å². The number of non-ortho nitro benzene ring substituents is 1. The van der Waals surface area contributed by atoms with Crippen LogP contribution >= 0.6 is 22.9 Å². The maximum absolute atomic E-state index is 13.4. The van der Waals surface area contributed by atoms with Crippen molar-refractivity contribution in [1.29, 1.82) is 0 Å². The van der Waals surface area contributed by atoms with E-state index < -0.39 is 74.2 Å². The number of halogens is 1. The third-order valence-electron chi connectivity index (χ3n) is 6.28. The Hall–Kier alpha value is -3.73. The fourth-order valence-electron chi connectivity index (χ4n) is 3.85. The third kappa shape index (κ3) is 10.4. The van der Waals surface area contributed by atoms with E-state index in [0.717, 1.165) is 18.4 Å². The number of hydrogen-bond acceptors (Lipinski definition) is 15. The van der Waals surface area contributed by atoms with Crippen molar-refractivity contribution in [3.63, 3.8) is 0 Å². The summed E-state index contributed by atoms with van der Waals surface area (Å²) in [5.74, 6) is -5.12. The Labute approximate surface area is 303 Å². The molecule has 1 aliphatic heterocycles. The van der Waals surface area contributed by atoms with Gasteiger partial charge in [0.1, 0.15) is 24.2 Å². The number of anilines is 1. The summed E-state index contributed by atoms with van der Waals surface area (Å²) in [7, 11) is -3.97. The monoisotopic (exact) mass is 742 g/mol. The fourth-order valence-corrected chi connectivity index (χ4v) is 5.54. The van der Waals surface area contributed by atoms with E-state index in [9.17, 15) is 47.1 Å². The average molecular weight is 743 g/mol. The van der Waals surface area contributed by atoms with Crippen LogP contribution in [0.2, 0.25) is 0 Å². The molecule has 48 heavy (non-hydrogen) atoms. The summed E-state index contributed by atoms with van der Waals surface area (Å²) in [5.41, 5.74) is -2.44. The average Bonchev–Trinajstić information content (AvgIpc) is 3.47. The van der Waals surface area contributed by atoms with Crippen LogP contribution in [0.25, 0.3) is 0 Å². The first-order chi connectivity index (χ1) is 22.0. The van der Waals surface area contributed by atoms with Crippen LogP contribution in [-0.4, -0.2) is 123 Å². The van der Waals surface area contributed by atoms with Gasteiger partial charge in [0.15, 0.2) is 10.8 Å². The Morgan fingerprint density at radius 2 is 1.88 bits per heavy atom. The predicted octanol–water partition coefficient (Wildman–Crippen LogP) is 0.274. The van der Waals surface area contributed by atoms with Crippen molar-refractivity contribution in [2.45, 2.75) is 51.0 Å². The van der Waals surface area contributed by atoms with Crippen molar-refractivity contribution in [2.24, 2.45) is 5.16 Å². The Balaban J connectivity index is 0.00000800. The molecule has 3 rings (SSSR count). The first-order valence-corrected chi connectivity index (χ1v) is 16.0. The van der Waals surface area contributed by atoms with E-state index in [0.29, 0.717) is 5.56 Å². The number of β-lactam (4-membered cyclic amide) rings is 1. The van der Waals surface area contributed by atoms with Crippen LogP contribution in [0.4, 0.5) is 10.8 Å². The molecule has 0 radical (unpaired) electrons. The number of hydrogen-bond donors (Lipinski definition) is 3. The van der Waals surface area contributed by atoms with Gasteiger partial charge >= 0.3 is 51.8 Å². The minimum atomic E-state index is -5.06. The van der Waals surface area contributed by atoms with Crippen LogP contribution in [0.3, 0.4) is 0 Å². The molecule has 2 atom stereocenters. The number of nitrogens with zero attached hydrogens (tertiary/aromatic N) is 4. The zero-order valence-electron chi connectivity index (χ0n) is 24.7. The molecule has 1 aromatic heterocycles. The number of methoxy groups -OCH3 is 1. The number of oxime groups is 1. The van der Waals surface area contributed by atoms with Gasteiger partial charge in [0.25, 0.3) is 17.5 Å². The van der Waals surface area contributed by atoms with Gasteiger partial charge in [-0.3, -0.25) is 33.8 Å². The van der Waals surface area contributed by atoms with Gasteiger partial charge in [0.2, 0.25) is 11.5 Å². The molecule has 3 amide bonds. The van der Waals surface area contributed by atoms with Crippen molar-refractivity contribution in [2.75, 3.05) is 18.3 Å². The molecule has 0 bridgehead atoms. The Kier molecular flexibility index (Phi) is 14.4. The summed E-state index contributed by atoms with van der Waals surface area (Å²) < 4.78 is 42.9. The van der Waals surface area contributed by atoms with Gasteiger partial charge in [-0.1, -0.05) is 5.16 Å². The normalized spacial score (nSPS) is 16.1. The maximum atomic E-state index is 13.4. The number of nitrogens with one attached hydrogen (secondary N) is 2. The van der Waals surface area contributed by atoms with Crippen LogP contribution in [0.5, 0.6) is 0 Å². The van der Waals surface area contributed by atoms with Gasteiger partial charge in [-0.15, -0.1) is 22.9 Å². The number of amides is 3. The summed E-state index contributed by atoms with van der Waals surface area (Å²) >= 11 is 6.36. The zero-order chi connectivity index (χ0) is 35.1. The Morgan fingerprint density at radius 1 is 1.23 bits per heavy atom. The molecule has 19 nitrogen and oxygen atoms in total. The number of rotatable bonds is 15. The van der Waals surface area contributed by atoms with E-state index in [-0.39, 0.29) is 69.8 Å². The van der Waals surface area contributed by atoms with Crippen molar-refractivity contribution >= 4 is 109 Å².